The Labute approximate surface area is 398 Å². The van der Waals surface area contributed by atoms with Crippen molar-refractivity contribution in [3.05, 3.63) is 62.7 Å². The van der Waals surface area contributed by atoms with Crippen LogP contribution in [0.2, 0.25) is 0 Å². The third kappa shape index (κ3) is 9.81. The van der Waals surface area contributed by atoms with Crippen LogP contribution in [0, 0.1) is 12.7 Å². The van der Waals surface area contributed by atoms with Gasteiger partial charge in [0.2, 0.25) is 35.4 Å². The normalized spacial score (nSPS) is 17.7. The van der Waals surface area contributed by atoms with E-state index in [1.165, 1.54) is 31.6 Å². The average molecular weight is 974 g/mol. The number of fused-ring (bicyclic) bond motifs is 7. The van der Waals surface area contributed by atoms with Crippen molar-refractivity contribution in [3.63, 3.8) is 0 Å². The van der Waals surface area contributed by atoms with Gasteiger partial charge in [-0.3, -0.25) is 53.0 Å². The predicted octanol–water partition coefficient (Wildman–Crippen LogP) is -0.932. The molecular formula is C46H52FN9O14. The number of methoxy groups -OCH3 is 1. The summed E-state index contributed by atoms with van der Waals surface area (Å²) in [6.45, 7) is 5.02. The van der Waals surface area contributed by atoms with E-state index in [-0.39, 0.29) is 93.0 Å². The third-order valence-corrected chi connectivity index (χ3v) is 12.6. The lowest BCUT2D eigenvalue weighted by Crippen LogP contribution is -2.55. The van der Waals surface area contributed by atoms with Gasteiger partial charge in [0.05, 0.1) is 42.2 Å². The molecule has 3 aromatic rings. The summed E-state index contributed by atoms with van der Waals surface area (Å²) >= 11 is 0. The number of aryl methyl sites for hydroxylation is 1. The number of nitrogens with zero attached hydrogens (tertiary/aromatic N) is 4. The van der Waals surface area contributed by atoms with Crippen LogP contribution in [-0.2, 0) is 71.4 Å². The molecule has 0 radical (unpaired) electrons. The molecule has 4 aliphatic rings. The highest BCUT2D eigenvalue weighted by atomic mass is 19.1. The number of aromatic nitrogens is 2. The van der Waals surface area contributed by atoms with Crippen LogP contribution < -0.4 is 41.8 Å². The molecule has 24 heteroatoms. The van der Waals surface area contributed by atoms with Crippen LogP contribution in [0.3, 0.4) is 0 Å². The van der Waals surface area contributed by atoms with Crippen LogP contribution in [-0.4, -0.2) is 131 Å². The van der Waals surface area contributed by atoms with Gasteiger partial charge in [0, 0.05) is 67.8 Å². The second-order valence-electron chi connectivity index (χ2n) is 17.1. The zero-order chi connectivity index (χ0) is 50.8. The van der Waals surface area contributed by atoms with E-state index in [2.05, 4.69) is 26.6 Å². The number of aliphatic hydroxyl groups is 1. The number of amides is 8. The van der Waals surface area contributed by atoms with Crippen molar-refractivity contribution in [2.45, 2.75) is 96.7 Å². The van der Waals surface area contributed by atoms with Crippen molar-refractivity contribution in [1.29, 1.82) is 0 Å². The standard InChI is InChI=1S/C46H52FN9O14/c1-6-46(67)27-16-31-38-25(19-55(31)44(65)26(27)20-69-45(46)66)22(2)37-30(53-38)17-28(47)40-39(37)56(21-70-40)36(61)18-49-41(62)23(3)50-42(63)24(4)51-43(64)29(9-10-32(57)48-13-15-68-5)52-33(58)8-7-14-54-34(59)11-12-35(54)60/h11-12,16-17,23-24,29,67H,6-10,13-15,18-21H2,1-5H3,(H,48,57)(H,49,62)(H,50,63)(H,51,64)(H,52,58)/t23-,24-,29-,46-/m0/s1. The molecular weight excluding hydrogens is 922 g/mol. The Morgan fingerprint density at radius 1 is 0.914 bits per heavy atom. The highest BCUT2D eigenvalue weighted by molar-refractivity contribution is 6.13. The molecule has 0 saturated carbocycles. The van der Waals surface area contributed by atoms with Gasteiger partial charge in [0.25, 0.3) is 17.4 Å². The minimum atomic E-state index is -2.06. The summed E-state index contributed by atoms with van der Waals surface area (Å²) in [5.74, 6) is -7.19. The van der Waals surface area contributed by atoms with Gasteiger partial charge in [-0.25, -0.2) is 14.2 Å². The second-order valence-corrected chi connectivity index (χ2v) is 17.1. The van der Waals surface area contributed by atoms with Gasteiger partial charge in [-0.15, -0.1) is 0 Å². The Hall–Kier alpha value is -7.60. The zero-order valence-corrected chi connectivity index (χ0v) is 38.9. The maximum atomic E-state index is 15.7. The van der Waals surface area contributed by atoms with Crippen molar-refractivity contribution in [2.24, 2.45) is 0 Å². The summed E-state index contributed by atoms with van der Waals surface area (Å²) in [7, 11) is 1.46. The van der Waals surface area contributed by atoms with E-state index in [1.54, 1.807) is 13.8 Å². The molecule has 2 aromatic heterocycles. The number of carbonyl (C=O) groups is 9. The number of rotatable bonds is 19. The van der Waals surface area contributed by atoms with Crippen molar-refractivity contribution in [2.75, 3.05) is 45.0 Å². The lowest BCUT2D eigenvalue weighted by atomic mass is 9.86. The topological polar surface area (TPSA) is 303 Å². The summed E-state index contributed by atoms with van der Waals surface area (Å²) in [6, 6.07) is -1.15. The maximum Gasteiger partial charge on any atom is 0.343 e. The van der Waals surface area contributed by atoms with Gasteiger partial charge >= 0.3 is 5.97 Å². The van der Waals surface area contributed by atoms with Crippen molar-refractivity contribution in [1.82, 2.24) is 41.0 Å². The molecule has 70 heavy (non-hydrogen) atoms. The summed E-state index contributed by atoms with van der Waals surface area (Å²) in [5, 5.41) is 24.1. The molecule has 0 aliphatic carbocycles. The molecule has 0 saturated heterocycles. The minimum absolute atomic E-state index is 0.0334. The number of ether oxygens (including phenoxy) is 3. The number of hydrogen-bond acceptors (Lipinski definition) is 15. The Bertz CT molecular complexity index is 2810. The molecule has 0 bridgehead atoms. The number of halogens is 1. The highest BCUT2D eigenvalue weighted by Crippen LogP contribution is 2.47. The predicted molar refractivity (Wildman–Crippen MR) is 242 cm³/mol. The molecule has 23 nitrogen and oxygen atoms in total. The first-order valence-electron chi connectivity index (χ1n) is 22.5. The number of cyclic esters (lactones) is 1. The number of nitrogens with one attached hydrogen (secondary N) is 5. The second kappa shape index (κ2) is 20.6. The summed E-state index contributed by atoms with van der Waals surface area (Å²) in [5.41, 5.74) is -0.425. The SMILES string of the molecule is CC[C@@]1(O)C(=O)OCc2c1cc1n(c2=O)Cc2c-1nc1cc(F)c3c(c1c2C)N(C(=O)CNC(=O)[C@H](C)NC(=O)[C@H](C)NC(=O)[C@H](CCC(=O)NCCOC)NC(=O)CCCN1C(=O)C=CC1=O)CO3. The summed E-state index contributed by atoms with van der Waals surface area (Å²) in [4.78, 5) is 136. The van der Waals surface area contributed by atoms with Crippen LogP contribution in [0.5, 0.6) is 5.75 Å². The fourth-order valence-electron chi connectivity index (χ4n) is 8.62. The molecule has 4 aliphatic heterocycles. The minimum Gasteiger partial charge on any atom is -0.467 e. The van der Waals surface area contributed by atoms with Gasteiger partial charge in [0.15, 0.2) is 23.9 Å². The van der Waals surface area contributed by atoms with Crippen molar-refractivity contribution in [3.8, 4) is 17.1 Å². The Kier molecular flexibility index (Phi) is 14.8. The third-order valence-electron chi connectivity index (χ3n) is 12.6. The van der Waals surface area contributed by atoms with Gasteiger partial charge in [-0.1, -0.05) is 6.92 Å². The Morgan fingerprint density at radius 3 is 2.31 bits per heavy atom. The van der Waals surface area contributed by atoms with Crippen LogP contribution in [0.4, 0.5) is 10.1 Å². The molecule has 7 rings (SSSR count). The first-order valence-corrected chi connectivity index (χ1v) is 22.5. The van der Waals surface area contributed by atoms with E-state index in [9.17, 15) is 53.1 Å². The smallest absolute Gasteiger partial charge is 0.343 e. The van der Waals surface area contributed by atoms with E-state index < -0.39 is 102 Å². The molecule has 0 unspecified atom stereocenters. The largest absolute Gasteiger partial charge is 0.467 e. The van der Waals surface area contributed by atoms with Crippen molar-refractivity contribution < 1.29 is 66.9 Å². The van der Waals surface area contributed by atoms with Crippen LogP contribution in [0.15, 0.2) is 29.1 Å². The Morgan fingerprint density at radius 2 is 1.61 bits per heavy atom. The molecule has 0 spiro atoms. The van der Waals surface area contributed by atoms with Crippen LogP contribution >= 0.6 is 0 Å². The number of anilines is 1. The molecule has 1 aromatic carbocycles. The lowest BCUT2D eigenvalue weighted by Gasteiger charge is -2.31. The molecule has 6 N–H and O–H groups in total. The van der Waals surface area contributed by atoms with E-state index in [0.717, 1.165) is 28.0 Å². The highest BCUT2D eigenvalue weighted by Gasteiger charge is 2.46. The number of hydrogen-bond donors (Lipinski definition) is 6. The van der Waals surface area contributed by atoms with Gasteiger partial charge in [-0.05, 0) is 51.7 Å². The first-order chi connectivity index (χ1) is 33.3. The molecule has 0 fully saturated rings. The zero-order valence-electron chi connectivity index (χ0n) is 38.9. The van der Waals surface area contributed by atoms with E-state index >= 15 is 4.39 Å². The maximum absolute atomic E-state index is 15.7. The summed E-state index contributed by atoms with van der Waals surface area (Å²) < 4.78 is 32.8. The van der Waals surface area contributed by atoms with E-state index in [4.69, 9.17) is 19.2 Å². The molecule has 8 amide bonds. The van der Waals surface area contributed by atoms with Crippen LogP contribution in [0.1, 0.15) is 75.1 Å². The average Bonchev–Trinajstić information content (AvgIpc) is 4.03. The number of pyridine rings is 2. The monoisotopic (exact) mass is 973 g/mol. The molecule has 4 atom stereocenters. The lowest BCUT2D eigenvalue weighted by molar-refractivity contribution is -0.172. The Balaban J connectivity index is 0.976. The number of esters is 1. The van der Waals surface area contributed by atoms with E-state index in [0.29, 0.717) is 27.9 Å². The molecule has 372 valence electrons. The van der Waals surface area contributed by atoms with Gasteiger partial charge in [0.1, 0.15) is 30.4 Å². The number of imide groups is 1. The summed E-state index contributed by atoms with van der Waals surface area (Å²) in [6.07, 6.45) is 1.73. The molecule has 6 heterocycles. The number of carbonyl (C=O) groups excluding carboxylic acids is 9. The van der Waals surface area contributed by atoms with Gasteiger partial charge in [-0.2, -0.15) is 0 Å². The van der Waals surface area contributed by atoms with Crippen LogP contribution in [0.25, 0.3) is 22.3 Å². The van der Waals surface area contributed by atoms with Gasteiger partial charge < -0.3 is 50.5 Å². The van der Waals surface area contributed by atoms with E-state index in [1.807, 2.05) is 0 Å². The first kappa shape index (κ1) is 50.3. The fraction of sp³-hybridized carbons (Fsp3) is 0.457. The quantitative estimate of drug-likeness (QED) is 0.0376. The van der Waals surface area contributed by atoms with Crippen molar-refractivity contribution >= 4 is 69.8 Å². The fourth-order valence-corrected chi connectivity index (χ4v) is 8.62. The number of benzene rings is 1.